The zero-order valence-electron chi connectivity index (χ0n) is 50.4. The summed E-state index contributed by atoms with van der Waals surface area (Å²) in [7, 11) is 0. The van der Waals surface area contributed by atoms with Gasteiger partial charge in [0.25, 0.3) is 0 Å². The first-order chi connectivity index (χ1) is 47.3. The predicted octanol–water partition coefficient (Wildman–Crippen LogP) is 20.5. The molecule has 0 saturated carbocycles. The van der Waals surface area contributed by atoms with Crippen LogP contribution in [-0.2, 0) is 0 Å². The molecule has 16 nitrogen and oxygen atoms in total. The summed E-state index contributed by atoms with van der Waals surface area (Å²) in [6.45, 7) is 51.2. The van der Waals surface area contributed by atoms with Crippen LogP contribution in [0.3, 0.4) is 0 Å². The summed E-state index contributed by atoms with van der Waals surface area (Å²) in [5.74, 6) is 0. The fourth-order valence-corrected chi connectivity index (χ4v) is 13.1. The molecule has 13 aromatic rings. The monoisotopic (exact) mass is 1230 g/mol. The molecule has 2 heterocycles. The molecule has 0 saturated heterocycles. The van der Waals surface area contributed by atoms with E-state index in [1.165, 1.54) is 48.5 Å². The number of aryl methyl sites for hydroxylation is 1. The molecule has 0 spiro atoms. The molecule has 0 N–H and O–H groups in total. The molecule has 436 valence electrons. The second-order valence-electron chi connectivity index (χ2n) is 22.2. The van der Waals surface area contributed by atoms with Gasteiger partial charge in [-0.2, -0.15) is 42.1 Å². The van der Waals surface area contributed by atoms with Crippen LogP contribution in [0.25, 0.3) is 151 Å². The zero-order chi connectivity index (χ0) is 67.9. The molecular weight excluding hydrogens is 1200 g/mol. The highest BCUT2D eigenvalue weighted by atomic mass is 15.0. The maximum absolute atomic E-state index is 10.6. The highest BCUT2D eigenvalue weighted by Gasteiger charge is 2.27. The second kappa shape index (κ2) is 24.0. The summed E-state index contributed by atoms with van der Waals surface area (Å²) in [6.07, 6.45) is 0. The molecule has 0 atom stereocenters. The number of aromatic nitrogens is 2. The van der Waals surface area contributed by atoms with E-state index >= 15 is 0 Å². The Balaban J connectivity index is 1.17. The number of nitriles is 8. The van der Waals surface area contributed by atoms with E-state index in [1.54, 1.807) is 48.5 Å². The Morgan fingerprint density at radius 3 is 1.09 bits per heavy atom. The van der Waals surface area contributed by atoms with Crippen molar-refractivity contribution in [2.24, 2.45) is 0 Å². The largest absolute Gasteiger partial charge is 0.310 e. The normalized spacial score (nSPS) is 10.4. The average molecular weight is 1230 g/mol. The van der Waals surface area contributed by atoms with Gasteiger partial charge in [0.05, 0.1) is 144 Å². The SMILES string of the molecule is [C-]#[N+]c1cc(C#N)c(-c2ccc3c(c2)c2cc(-c4c(C#N)cc(C#N)cc4[N+]#[C-])ccc2n3-c2cccc([N+]#[C-])c2-c2cc(-c3ccc(C#N)cc3C)ccc2-n2c3ccc(-c4c(C#N)cc(C#N)cc4[N+]#[C-])cc3c3cc(-c4c(C#N)cc([N+]#[C-])cc4[N+]#[C-])ccc32)c(C#N)c1. The lowest BCUT2D eigenvalue weighted by atomic mass is 9.92. The van der Waals surface area contributed by atoms with Gasteiger partial charge in [-0.05, 0) is 173 Å². The Kier molecular flexibility index (Phi) is 14.8. The lowest BCUT2D eigenvalue weighted by Crippen LogP contribution is -2.02. The topological polar surface area (TPSA) is 226 Å². The van der Waals surface area contributed by atoms with Gasteiger partial charge in [-0.15, -0.1) is 0 Å². The van der Waals surface area contributed by atoms with Crippen molar-refractivity contribution in [1.29, 1.82) is 42.1 Å². The first kappa shape index (κ1) is 59.8. The van der Waals surface area contributed by atoms with Crippen molar-refractivity contribution in [3.63, 3.8) is 0 Å². The third-order valence-corrected chi connectivity index (χ3v) is 17.2. The average Bonchev–Trinajstić information content (AvgIpc) is 1.60. The molecular formula is C81H32N16. The van der Waals surface area contributed by atoms with E-state index in [1.807, 2.05) is 101 Å². The minimum atomic E-state index is 0.0654. The first-order valence-electron chi connectivity index (χ1n) is 29.1. The number of hydrogen-bond acceptors (Lipinski definition) is 8. The summed E-state index contributed by atoms with van der Waals surface area (Å²) < 4.78 is 4.02. The van der Waals surface area contributed by atoms with Crippen molar-refractivity contribution in [2.75, 3.05) is 0 Å². The van der Waals surface area contributed by atoms with Gasteiger partial charge in [-0.25, -0.2) is 29.1 Å². The van der Waals surface area contributed by atoms with Crippen LogP contribution >= 0.6 is 0 Å². The summed E-state index contributed by atoms with van der Waals surface area (Å²) in [5.41, 5.74) is 11.5. The van der Waals surface area contributed by atoms with Crippen LogP contribution in [0.1, 0.15) is 50.1 Å². The van der Waals surface area contributed by atoms with Crippen LogP contribution < -0.4 is 0 Å². The molecule has 97 heavy (non-hydrogen) atoms. The van der Waals surface area contributed by atoms with Crippen molar-refractivity contribution in [2.45, 2.75) is 6.92 Å². The lowest BCUT2D eigenvalue weighted by molar-refractivity contribution is 1.16. The highest BCUT2D eigenvalue weighted by Crippen LogP contribution is 2.50. The minimum Gasteiger partial charge on any atom is -0.310 e. The first-order valence-corrected chi connectivity index (χ1v) is 29.1. The third kappa shape index (κ3) is 9.67. The Morgan fingerprint density at radius 1 is 0.289 bits per heavy atom. The molecule has 16 heteroatoms. The van der Waals surface area contributed by atoms with Crippen molar-refractivity contribution >= 4 is 77.7 Å². The molecule has 2 aromatic heterocycles. The fourth-order valence-electron chi connectivity index (χ4n) is 13.1. The Bertz CT molecular complexity index is 6020. The molecule has 11 aromatic carbocycles. The quantitative estimate of drug-likeness (QED) is 0.133. The van der Waals surface area contributed by atoms with Gasteiger partial charge >= 0.3 is 0 Å². The van der Waals surface area contributed by atoms with E-state index in [-0.39, 0.29) is 84.2 Å². The standard InChI is InChI=1S/C81H32N16/c1-45-23-46(37-82)11-17-61(45)49-12-18-75(96-71-20-14-51(78-54(40-85)24-47(38-83)26-68(78)93-5)33-63(71)64-35-53(15-21-72(64)96)80-58(44-89)30-60(91-3)36-70(80)95-7)66(31-49)81-67(92-4)9-8-10-76(81)97-73-19-13-50(77-56(42-87)28-59(90-2)29-57(77)43-88)32-62(73)65-34-52(16-22-74(65)97)79-55(41-86)25-48(39-84)27-69(79)94-6/h8-36H,1H3. The number of hydrogen-bond donors (Lipinski definition) is 0. The zero-order valence-corrected chi connectivity index (χ0v) is 50.4. The number of benzene rings is 11. The second-order valence-corrected chi connectivity index (χ2v) is 22.2. The Morgan fingerprint density at radius 2 is 0.680 bits per heavy atom. The molecule has 13 rings (SSSR count). The molecule has 0 aliphatic rings. The summed E-state index contributed by atoms with van der Waals surface area (Å²) in [4.78, 5) is 22.6. The van der Waals surface area contributed by atoms with Gasteiger partial charge < -0.3 is 9.13 Å². The summed E-state index contributed by atoms with van der Waals surface area (Å²) >= 11 is 0. The van der Waals surface area contributed by atoms with E-state index in [0.717, 1.165) is 11.1 Å². The van der Waals surface area contributed by atoms with Gasteiger partial charge in [0.15, 0.2) is 34.1 Å². The lowest BCUT2D eigenvalue weighted by Gasteiger charge is -2.21. The molecule has 0 unspecified atom stereocenters. The van der Waals surface area contributed by atoms with Crippen LogP contribution in [0.15, 0.2) is 176 Å². The van der Waals surface area contributed by atoms with Gasteiger partial charge in [0.2, 0.25) is 0 Å². The van der Waals surface area contributed by atoms with Gasteiger partial charge in [0.1, 0.15) is 0 Å². The fraction of sp³-hybridized carbons (Fsp3) is 0.0123. The molecule has 0 aliphatic carbocycles. The van der Waals surface area contributed by atoms with E-state index in [4.69, 9.17) is 39.4 Å². The van der Waals surface area contributed by atoms with Gasteiger partial charge in [-0.3, -0.25) is 0 Å². The van der Waals surface area contributed by atoms with E-state index in [2.05, 4.69) is 71.6 Å². The molecule has 0 radical (unpaired) electrons. The maximum Gasteiger partial charge on any atom is 0.197 e. The summed E-state index contributed by atoms with van der Waals surface area (Å²) in [6, 6.07) is 67.2. The third-order valence-electron chi connectivity index (χ3n) is 17.2. The molecule has 0 fully saturated rings. The van der Waals surface area contributed by atoms with Crippen LogP contribution in [0.4, 0.5) is 34.1 Å². The predicted molar refractivity (Wildman–Crippen MR) is 368 cm³/mol. The molecule has 0 aliphatic heterocycles. The van der Waals surface area contributed by atoms with Gasteiger partial charge in [0, 0.05) is 71.7 Å². The number of fused-ring (bicyclic) bond motifs is 6. The highest BCUT2D eigenvalue weighted by molar-refractivity contribution is 6.16. The van der Waals surface area contributed by atoms with E-state index < -0.39 is 0 Å². The Labute approximate surface area is 554 Å². The van der Waals surface area contributed by atoms with Crippen LogP contribution in [-0.4, -0.2) is 9.13 Å². The molecule has 0 amide bonds. The number of rotatable bonds is 8. The van der Waals surface area contributed by atoms with Crippen molar-refractivity contribution in [1.82, 2.24) is 9.13 Å². The Hall–Kier alpha value is -16.1. The van der Waals surface area contributed by atoms with Crippen LogP contribution in [0.5, 0.6) is 0 Å². The molecule has 0 bridgehead atoms. The maximum atomic E-state index is 10.6. The van der Waals surface area contributed by atoms with Crippen molar-refractivity contribution in [3.8, 4) is 127 Å². The van der Waals surface area contributed by atoms with Crippen molar-refractivity contribution in [3.05, 3.63) is 294 Å². The van der Waals surface area contributed by atoms with Crippen LogP contribution in [0, 0.1) is 137 Å². The number of nitrogens with zero attached hydrogens (tertiary/aromatic N) is 16. The smallest absolute Gasteiger partial charge is 0.197 e. The van der Waals surface area contributed by atoms with Gasteiger partial charge in [-0.1, -0.05) is 54.6 Å². The van der Waals surface area contributed by atoms with Crippen LogP contribution in [0.2, 0.25) is 0 Å². The minimum absolute atomic E-state index is 0.0654. The van der Waals surface area contributed by atoms with E-state index in [0.29, 0.717) is 111 Å². The summed E-state index contributed by atoms with van der Waals surface area (Å²) in [5, 5.41) is 85.2. The van der Waals surface area contributed by atoms with Crippen molar-refractivity contribution < 1.29 is 0 Å². The van der Waals surface area contributed by atoms with E-state index in [9.17, 15) is 42.1 Å².